The van der Waals surface area contributed by atoms with Gasteiger partial charge in [0.05, 0.1) is 10.5 Å². The van der Waals surface area contributed by atoms with Gasteiger partial charge in [-0.25, -0.2) is 13.4 Å². The predicted molar refractivity (Wildman–Crippen MR) is 105 cm³/mol. The topological polar surface area (TPSA) is 79.8 Å². The van der Waals surface area contributed by atoms with E-state index in [0.717, 1.165) is 25.7 Å². The van der Waals surface area contributed by atoms with Crippen molar-refractivity contribution >= 4 is 21.7 Å². The quantitative estimate of drug-likeness (QED) is 0.784. The summed E-state index contributed by atoms with van der Waals surface area (Å²) in [5.74, 6) is 0.973. The average molecular weight is 401 g/mol. The Morgan fingerprint density at radius 3 is 2.64 bits per heavy atom. The molecule has 28 heavy (non-hydrogen) atoms. The third-order valence-electron chi connectivity index (χ3n) is 5.05. The minimum Gasteiger partial charge on any atom is -0.453 e. The Morgan fingerprint density at radius 2 is 1.89 bits per heavy atom. The van der Waals surface area contributed by atoms with E-state index in [4.69, 9.17) is 4.74 Å². The van der Waals surface area contributed by atoms with E-state index in [1.165, 1.54) is 16.4 Å². The highest BCUT2D eigenvalue weighted by atomic mass is 32.2. The minimum absolute atomic E-state index is 0.125. The Balaban J connectivity index is 1.78. The molecule has 2 aliphatic rings. The number of ether oxygens (including phenoxy) is 1. The minimum atomic E-state index is -3.64. The highest BCUT2D eigenvalue weighted by molar-refractivity contribution is 7.89. The molecule has 1 amide bonds. The van der Waals surface area contributed by atoms with E-state index in [9.17, 15) is 13.2 Å². The lowest BCUT2D eigenvalue weighted by molar-refractivity contribution is 0.0986. The molecule has 0 N–H and O–H groups in total. The Morgan fingerprint density at radius 1 is 1.11 bits per heavy atom. The largest absolute Gasteiger partial charge is 0.453 e. The zero-order valence-corrected chi connectivity index (χ0v) is 16.6. The SMILES string of the molecule is CCCN1C(=O)c2cc(S(=O)(=O)N3CCCCC3)ccc2Oc2cccnc21. The number of fused-ring (bicyclic) bond motifs is 2. The number of pyridine rings is 1. The molecule has 0 aliphatic carbocycles. The van der Waals surface area contributed by atoms with Gasteiger partial charge in [0.1, 0.15) is 5.75 Å². The van der Waals surface area contributed by atoms with Gasteiger partial charge < -0.3 is 4.74 Å². The summed E-state index contributed by atoms with van der Waals surface area (Å²) in [6, 6.07) is 8.02. The normalized spacial score (nSPS) is 17.5. The van der Waals surface area contributed by atoms with E-state index in [0.29, 0.717) is 37.0 Å². The first-order valence-electron chi connectivity index (χ1n) is 9.61. The van der Waals surface area contributed by atoms with E-state index in [1.54, 1.807) is 29.3 Å². The number of amides is 1. The maximum atomic E-state index is 13.2. The van der Waals surface area contributed by atoms with Gasteiger partial charge >= 0.3 is 0 Å². The smallest absolute Gasteiger partial charge is 0.263 e. The van der Waals surface area contributed by atoms with Crippen molar-refractivity contribution in [2.45, 2.75) is 37.5 Å². The van der Waals surface area contributed by atoms with Crippen LogP contribution in [0.25, 0.3) is 0 Å². The van der Waals surface area contributed by atoms with Crippen molar-refractivity contribution in [3.8, 4) is 11.5 Å². The lowest BCUT2D eigenvalue weighted by atomic mass is 10.1. The molecule has 7 nitrogen and oxygen atoms in total. The molecule has 1 saturated heterocycles. The molecule has 4 rings (SSSR count). The highest BCUT2D eigenvalue weighted by Gasteiger charge is 2.32. The lowest BCUT2D eigenvalue weighted by Crippen LogP contribution is -2.36. The highest BCUT2D eigenvalue weighted by Crippen LogP contribution is 2.38. The van der Waals surface area contributed by atoms with Crippen LogP contribution in [0.2, 0.25) is 0 Å². The molecule has 1 aromatic heterocycles. The van der Waals surface area contributed by atoms with Gasteiger partial charge in [0.2, 0.25) is 10.0 Å². The van der Waals surface area contributed by atoms with Gasteiger partial charge in [-0.15, -0.1) is 0 Å². The molecule has 1 fully saturated rings. The summed E-state index contributed by atoms with van der Waals surface area (Å²) in [6.45, 7) is 3.47. The molecule has 0 spiro atoms. The second-order valence-electron chi connectivity index (χ2n) is 7.01. The summed E-state index contributed by atoms with van der Waals surface area (Å²) in [5.41, 5.74) is 0.240. The number of hydrogen-bond acceptors (Lipinski definition) is 5. The molecule has 0 saturated carbocycles. The fourth-order valence-corrected chi connectivity index (χ4v) is 5.18. The van der Waals surface area contributed by atoms with Gasteiger partial charge in [0.25, 0.3) is 5.91 Å². The number of hydrogen-bond donors (Lipinski definition) is 0. The van der Waals surface area contributed by atoms with E-state index in [-0.39, 0.29) is 16.4 Å². The summed E-state index contributed by atoms with van der Waals surface area (Å²) >= 11 is 0. The third-order valence-corrected chi connectivity index (χ3v) is 6.95. The molecular weight excluding hydrogens is 378 g/mol. The van der Waals surface area contributed by atoms with Crippen LogP contribution in [0.15, 0.2) is 41.4 Å². The maximum Gasteiger partial charge on any atom is 0.263 e. The van der Waals surface area contributed by atoms with E-state index in [1.807, 2.05) is 6.92 Å². The number of anilines is 1. The van der Waals surface area contributed by atoms with Crippen LogP contribution in [0.1, 0.15) is 43.0 Å². The van der Waals surface area contributed by atoms with Crippen LogP contribution >= 0.6 is 0 Å². The summed E-state index contributed by atoms with van der Waals surface area (Å²) < 4.78 is 33.5. The number of sulfonamides is 1. The van der Waals surface area contributed by atoms with Crippen LogP contribution in [0, 0.1) is 0 Å². The number of nitrogens with zero attached hydrogens (tertiary/aromatic N) is 3. The maximum absolute atomic E-state index is 13.2. The van der Waals surface area contributed by atoms with Gasteiger partial charge in [0, 0.05) is 25.8 Å². The van der Waals surface area contributed by atoms with Crippen LogP contribution < -0.4 is 9.64 Å². The van der Waals surface area contributed by atoms with Crippen molar-refractivity contribution in [3.63, 3.8) is 0 Å². The Hall–Kier alpha value is -2.45. The standard InChI is InChI=1S/C20H23N3O4S/c1-2-11-23-19-18(7-6-10-21-19)27-17-9-8-15(14-16(17)20(23)24)28(25,26)22-12-4-3-5-13-22/h6-10,14H,2-5,11-13H2,1H3. The first-order chi connectivity index (χ1) is 13.5. The molecular formula is C20H23N3O4S. The summed E-state index contributed by atoms with van der Waals surface area (Å²) in [6.07, 6.45) is 5.11. The zero-order chi connectivity index (χ0) is 19.7. The van der Waals surface area contributed by atoms with Crippen molar-refractivity contribution in [2.24, 2.45) is 0 Å². The van der Waals surface area contributed by atoms with Crippen molar-refractivity contribution in [2.75, 3.05) is 24.5 Å². The first kappa shape index (κ1) is 18.9. The molecule has 2 aliphatic heterocycles. The van der Waals surface area contributed by atoms with Crippen LogP contribution in [0.4, 0.5) is 5.82 Å². The summed E-state index contributed by atoms with van der Waals surface area (Å²) in [7, 11) is -3.64. The average Bonchev–Trinajstić information content (AvgIpc) is 2.84. The third kappa shape index (κ3) is 3.27. The first-order valence-corrected chi connectivity index (χ1v) is 11.1. The van der Waals surface area contributed by atoms with Gasteiger partial charge in [0.15, 0.2) is 11.6 Å². The number of carbonyl (C=O) groups is 1. The Labute approximate surface area is 165 Å². The zero-order valence-electron chi connectivity index (χ0n) is 15.8. The van der Waals surface area contributed by atoms with Crippen LogP contribution in [0.5, 0.6) is 11.5 Å². The van der Waals surface area contributed by atoms with Crippen molar-refractivity contribution in [3.05, 3.63) is 42.1 Å². The molecule has 2 aromatic rings. The van der Waals surface area contributed by atoms with Crippen molar-refractivity contribution in [1.82, 2.24) is 9.29 Å². The fourth-order valence-electron chi connectivity index (χ4n) is 3.64. The number of piperidine rings is 1. The van der Waals surface area contributed by atoms with Gasteiger partial charge in [-0.2, -0.15) is 4.31 Å². The number of carbonyl (C=O) groups excluding carboxylic acids is 1. The number of aromatic nitrogens is 1. The molecule has 0 radical (unpaired) electrons. The molecule has 0 atom stereocenters. The van der Waals surface area contributed by atoms with E-state index < -0.39 is 10.0 Å². The fraction of sp³-hybridized carbons (Fsp3) is 0.400. The van der Waals surface area contributed by atoms with Crippen molar-refractivity contribution in [1.29, 1.82) is 0 Å². The molecule has 0 bridgehead atoms. The number of benzene rings is 1. The molecule has 3 heterocycles. The van der Waals surface area contributed by atoms with Crippen LogP contribution in [-0.2, 0) is 10.0 Å². The Kier molecular flexibility index (Phi) is 5.07. The van der Waals surface area contributed by atoms with E-state index in [2.05, 4.69) is 4.98 Å². The second-order valence-corrected chi connectivity index (χ2v) is 8.94. The van der Waals surface area contributed by atoms with Gasteiger partial charge in [-0.3, -0.25) is 9.69 Å². The summed E-state index contributed by atoms with van der Waals surface area (Å²) in [4.78, 5) is 19.2. The molecule has 8 heteroatoms. The summed E-state index contributed by atoms with van der Waals surface area (Å²) in [5, 5.41) is 0. The molecule has 0 unspecified atom stereocenters. The van der Waals surface area contributed by atoms with E-state index >= 15 is 0 Å². The molecule has 1 aromatic carbocycles. The van der Waals surface area contributed by atoms with Gasteiger partial charge in [-0.1, -0.05) is 13.3 Å². The lowest BCUT2D eigenvalue weighted by Gasteiger charge is -2.26. The predicted octanol–water partition coefficient (Wildman–Crippen LogP) is 3.42. The van der Waals surface area contributed by atoms with Crippen LogP contribution in [0.3, 0.4) is 0 Å². The van der Waals surface area contributed by atoms with Gasteiger partial charge in [-0.05, 0) is 49.6 Å². The number of rotatable bonds is 4. The molecule has 148 valence electrons. The monoisotopic (exact) mass is 401 g/mol. The second kappa shape index (κ2) is 7.52. The Bertz CT molecular complexity index is 1000. The van der Waals surface area contributed by atoms with Crippen molar-refractivity contribution < 1.29 is 17.9 Å². The van der Waals surface area contributed by atoms with Crippen LogP contribution in [-0.4, -0.2) is 43.2 Å².